The molecule has 172 valence electrons. The number of nitrogens with one attached hydrogen (secondary N) is 2. The summed E-state index contributed by atoms with van der Waals surface area (Å²) in [7, 11) is -3.65. The maximum atomic E-state index is 13.1. The third-order valence-electron chi connectivity index (χ3n) is 6.12. The smallest absolute Gasteiger partial charge is 0.251 e. The molecule has 9 heteroatoms. The molecule has 2 aliphatic heterocycles. The molecular weight excluding hydrogens is 432 g/mol. The average molecular weight is 461 g/mol. The lowest BCUT2D eigenvalue weighted by molar-refractivity contribution is 0.0486. The number of amides is 1. The molecule has 0 aromatic heterocycles. The largest absolute Gasteiger partial charge is 0.454 e. The van der Waals surface area contributed by atoms with Gasteiger partial charge in [-0.15, -0.1) is 0 Å². The highest BCUT2D eigenvalue weighted by atomic mass is 32.2. The molecule has 1 amide bonds. The number of hydrogen-bond acceptors (Lipinski definition) is 6. The van der Waals surface area contributed by atoms with Crippen molar-refractivity contribution in [3.05, 3.63) is 53.1 Å². The summed E-state index contributed by atoms with van der Waals surface area (Å²) in [5.41, 5.74) is 1.81. The molecule has 0 spiro atoms. The van der Waals surface area contributed by atoms with Gasteiger partial charge in [0, 0.05) is 37.3 Å². The van der Waals surface area contributed by atoms with Crippen LogP contribution in [-0.2, 0) is 20.2 Å². The molecule has 2 aliphatic rings. The first-order chi connectivity index (χ1) is 15.3. The Bertz CT molecular complexity index is 1110. The van der Waals surface area contributed by atoms with Crippen LogP contribution in [0.1, 0.15) is 41.3 Å². The third-order valence-corrected chi connectivity index (χ3v) is 7.66. The molecule has 1 saturated heterocycles. The number of benzene rings is 2. The number of hydrogen-bond donors (Lipinski definition) is 2. The van der Waals surface area contributed by atoms with Gasteiger partial charge in [0.15, 0.2) is 11.5 Å². The Hall–Kier alpha value is -2.62. The lowest BCUT2D eigenvalue weighted by atomic mass is 9.74. The van der Waals surface area contributed by atoms with E-state index >= 15 is 0 Å². The van der Waals surface area contributed by atoms with Crippen molar-refractivity contribution in [3.63, 3.8) is 0 Å². The molecule has 8 nitrogen and oxygen atoms in total. The maximum absolute atomic E-state index is 13.1. The van der Waals surface area contributed by atoms with Gasteiger partial charge in [0.1, 0.15) is 0 Å². The molecule has 2 aromatic rings. The molecule has 2 heterocycles. The fraction of sp³-hybridized carbons (Fsp3) is 0.435. The summed E-state index contributed by atoms with van der Waals surface area (Å²) in [6.07, 6.45) is 1.50. The van der Waals surface area contributed by atoms with Crippen LogP contribution in [0.5, 0.6) is 11.5 Å². The van der Waals surface area contributed by atoms with Crippen molar-refractivity contribution >= 4 is 15.9 Å². The van der Waals surface area contributed by atoms with Crippen LogP contribution in [0.3, 0.4) is 0 Å². The van der Waals surface area contributed by atoms with Crippen molar-refractivity contribution in [1.82, 2.24) is 10.0 Å². The van der Waals surface area contributed by atoms with Gasteiger partial charge in [0.2, 0.25) is 16.8 Å². The topological polar surface area (TPSA) is 103 Å². The van der Waals surface area contributed by atoms with Crippen LogP contribution in [0.25, 0.3) is 0 Å². The maximum Gasteiger partial charge on any atom is 0.251 e. The number of rotatable bonds is 7. The minimum atomic E-state index is -3.65. The summed E-state index contributed by atoms with van der Waals surface area (Å²) in [4.78, 5) is 13.2. The van der Waals surface area contributed by atoms with Gasteiger partial charge in [-0.25, -0.2) is 13.1 Å². The summed E-state index contributed by atoms with van der Waals surface area (Å²) >= 11 is 0. The highest BCUT2D eigenvalue weighted by Gasteiger charge is 2.36. The second-order valence-corrected chi connectivity index (χ2v) is 9.89. The zero-order chi connectivity index (χ0) is 22.8. The SMILES string of the molecule is CCNS(=O)(=O)c1ccc(C)c(C(=O)NCC2(c3ccc4c(c3)OCO4)CCOCC2)c1. The van der Waals surface area contributed by atoms with Gasteiger partial charge < -0.3 is 19.5 Å². The molecular formula is C23H28N2O6S. The summed E-state index contributed by atoms with van der Waals surface area (Å²) in [5, 5.41) is 3.05. The standard InChI is InChI=1S/C23H28N2O6S/c1-3-25-32(27,28)18-6-4-16(2)19(13-18)22(26)24-14-23(8-10-29-11-9-23)17-5-7-20-21(12-17)31-15-30-20/h4-7,12-13,25H,3,8-11,14-15H2,1-2H3,(H,24,26). The monoisotopic (exact) mass is 460 g/mol. The highest BCUT2D eigenvalue weighted by Crippen LogP contribution is 2.40. The van der Waals surface area contributed by atoms with Gasteiger partial charge in [0.05, 0.1) is 4.90 Å². The Morgan fingerprint density at radius 1 is 1.06 bits per heavy atom. The fourth-order valence-electron chi connectivity index (χ4n) is 4.19. The Morgan fingerprint density at radius 2 is 1.81 bits per heavy atom. The predicted molar refractivity (Wildman–Crippen MR) is 119 cm³/mol. The lowest BCUT2D eigenvalue weighted by Gasteiger charge is -2.38. The summed E-state index contributed by atoms with van der Waals surface area (Å²) in [6.45, 7) is 5.58. The van der Waals surface area contributed by atoms with E-state index < -0.39 is 10.0 Å². The van der Waals surface area contributed by atoms with Crippen LogP contribution in [0, 0.1) is 6.92 Å². The fourth-order valence-corrected chi connectivity index (χ4v) is 5.25. The van der Waals surface area contributed by atoms with Gasteiger partial charge in [-0.1, -0.05) is 19.1 Å². The number of fused-ring (bicyclic) bond motifs is 1. The zero-order valence-electron chi connectivity index (χ0n) is 18.3. The van der Waals surface area contributed by atoms with Crippen LogP contribution in [0.15, 0.2) is 41.3 Å². The molecule has 1 fully saturated rings. The molecule has 4 rings (SSSR count). The number of sulfonamides is 1. The van der Waals surface area contributed by atoms with E-state index in [0.29, 0.717) is 42.4 Å². The van der Waals surface area contributed by atoms with Gasteiger partial charge in [-0.3, -0.25) is 4.79 Å². The van der Waals surface area contributed by atoms with Crippen molar-refractivity contribution < 1.29 is 27.4 Å². The Labute approximate surface area is 188 Å². The number of carbonyl (C=O) groups is 1. The lowest BCUT2D eigenvalue weighted by Crippen LogP contribution is -2.44. The number of ether oxygens (including phenoxy) is 3. The first-order valence-electron chi connectivity index (χ1n) is 10.7. The third kappa shape index (κ3) is 4.46. The van der Waals surface area contributed by atoms with Crippen molar-refractivity contribution in [2.45, 2.75) is 37.0 Å². The average Bonchev–Trinajstić information content (AvgIpc) is 3.26. The minimum absolute atomic E-state index is 0.0756. The van der Waals surface area contributed by atoms with E-state index in [1.807, 2.05) is 18.2 Å². The van der Waals surface area contributed by atoms with Crippen molar-refractivity contribution in [2.24, 2.45) is 0 Å². The molecule has 32 heavy (non-hydrogen) atoms. The van der Waals surface area contributed by atoms with Crippen molar-refractivity contribution in [2.75, 3.05) is 33.1 Å². The quantitative estimate of drug-likeness (QED) is 0.658. The van der Waals surface area contributed by atoms with E-state index in [1.165, 1.54) is 12.1 Å². The molecule has 0 saturated carbocycles. The van der Waals surface area contributed by atoms with Crippen LogP contribution in [-0.4, -0.2) is 47.4 Å². The molecule has 0 radical (unpaired) electrons. The molecule has 2 N–H and O–H groups in total. The molecule has 0 aliphatic carbocycles. The predicted octanol–water partition coefficient (Wildman–Crippen LogP) is 2.50. The first-order valence-corrected chi connectivity index (χ1v) is 12.2. The summed E-state index contributed by atoms with van der Waals surface area (Å²) in [6, 6.07) is 10.5. The van der Waals surface area contributed by atoms with E-state index in [9.17, 15) is 13.2 Å². The van der Waals surface area contributed by atoms with Crippen LogP contribution in [0.4, 0.5) is 0 Å². The molecule has 0 unspecified atom stereocenters. The summed E-state index contributed by atoms with van der Waals surface area (Å²) in [5.74, 6) is 1.12. The zero-order valence-corrected chi connectivity index (χ0v) is 19.1. The second kappa shape index (κ2) is 9.09. The van der Waals surface area contributed by atoms with E-state index in [-0.39, 0.29) is 29.6 Å². The second-order valence-electron chi connectivity index (χ2n) is 8.12. The van der Waals surface area contributed by atoms with Gasteiger partial charge >= 0.3 is 0 Å². The minimum Gasteiger partial charge on any atom is -0.454 e. The van der Waals surface area contributed by atoms with E-state index in [0.717, 1.165) is 18.4 Å². The molecule has 2 aromatic carbocycles. The van der Waals surface area contributed by atoms with Crippen LogP contribution in [0.2, 0.25) is 0 Å². The summed E-state index contributed by atoms with van der Waals surface area (Å²) < 4.78 is 43.8. The van der Waals surface area contributed by atoms with Crippen molar-refractivity contribution in [1.29, 1.82) is 0 Å². The number of aryl methyl sites for hydroxylation is 1. The van der Waals surface area contributed by atoms with E-state index in [2.05, 4.69) is 10.0 Å². The Kier molecular flexibility index (Phi) is 6.41. The Morgan fingerprint density at radius 3 is 2.56 bits per heavy atom. The first kappa shape index (κ1) is 22.6. The number of carbonyl (C=O) groups excluding carboxylic acids is 1. The normalized spacial score (nSPS) is 17.2. The van der Waals surface area contributed by atoms with Crippen LogP contribution < -0.4 is 19.5 Å². The van der Waals surface area contributed by atoms with E-state index in [1.54, 1.807) is 19.9 Å². The molecule has 0 bridgehead atoms. The van der Waals surface area contributed by atoms with Gasteiger partial charge in [0.25, 0.3) is 5.91 Å². The van der Waals surface area contributed by atoms with Gasteiger partial charge in [-0.2, -0.15) is 0 Å². The Balaban J connectivity index is 1.57. The van der Waals surface area contributed by atoms with Gasteiger partial charge in [-0.05, 0) is 55.2 Å². The van der Waals surface area contributed by atoms with E-state index in [4.69, 9.17) is 14.2 Å². The molecule has 0 atom stereocenters. The highest BCUT2D eigenvalue weighted by molar-refractivity contribution is 7.89. The van der Waals surface area contributed by atoms with Crippen LogP contribution >= 0.6 is 0 Å². The van der Waals surface area contributed by atoms with Crippen molar-refractivity contribution in [3.8, 4) is 11.5 Å².